The lowest BCUT2D eigenvalue weighted by Crippen LogP contribution is -2.62. The number of halogens is 2. The third kappa shape index (κ3) is 9.33. The zero-order chi connectivity index (χ0) is 36.1. The van der Waals surface area contributed by atoms with Crippen LogP contribution in [0, 0.1) is 5.41 Å². The molecule has 0 unspecified atom stereocenters. The van der Waals surface area contributed by atoms with Crippen LogP contribution in [-0.4, -0.2) is 83.7 Å². The summed E-state index contributed by atoms with van der Waals surface area (Å²) < 4.78 is 12.8. The van der Waals surface area contributed by atoms with Gasteiger partial charge in [0.05, 0.1) is 11.5 Å². The molecule has 11 heteroatoms. The Kier molecular flexibility index (Phi) is 11.7. The van der Waals surface area contributed by atoms with Crippen molar-refractivity contribution in [2.24, 2.45) is 5.41 Å². The SMILES string of the molecule is CC(C)(CCC(=O)N1C[C@H]2CC(c3ccc(OCCOc4ccc(Br)cc4)cc3)=C(C(=O)N(CCc3ccccc3Cl)C3CC3)[C@@H](C1)N2)C(=O)O. The van der Waals surface area contributed by atoms with Gasteiger partial charge in [-0.05, 0) is 105 Å². The molecule has 51 heavy (non-hydrogen) atoms. The molecule has 2 atom stereocenters. The predicted molar refractivity (Wildman–Crippen MR) is 201 cm³/mol. The lowest BCUT2D eigenvalue weighted by molar-refractivity contribution is -0.148. The highest BCUT2D eigenvalue weighted by molar-refractivity contribution is 9.10. The number of nitrogens with zero attached hydrogens (tertiary/aromatic N) is 2. The van der Waals surface area contributed by atoms with Gasteiger partial charge in [-0.1, -0.05) is 57.9 Å². The summed E-state index contributed by atoms with van der Waals surface area (Å²) in [5.41, 5.74) is 2.64. The first-order valence-corrected chi connectivity index (χ1v) is 18.8. The van der Waals surface area contributed by atoms with E-state index in [1.54, 1.807) is 13.8 Å². The van der Waals surface area contributed by atoms with E-state index in [1.807, 2.05) is 82.6 Å². The molecule has 2 aliphatic heterocycles. The highest BCUT2D eigenvalue weighted by atomic mass is 79.9. The minimum Gasteiger partial charge on any atom is -0.490 e. The van der Waals surface area contributed by atoms with E-state index in [1.165, 1.54) is 0 Å². The monoisotopic (exact) mass is 777 g/mol. The summed E-state index contributed by atoms with van der Waals surface area (Å²) in [4.78, 5) is 43.7. The van der Waals surface area contributed by atoms with Crippen LogP contribution >= 0.6 is 27.5 Å². The number of carboxylic acid groups (broad SMARTS) is 1. The Labute approximate surface area is 313 Å². The number of benzene rings is 3. The van der Waals surface area contributed by atoms with Crippen molar-refractivity contribution in [3.8, 4) is 11.5 Å². The summed E-state index contributed by atoms with van der Waals surface area (Å²) in [7, 11) is 0. The van der Waals surface area contributed by atoms with Gasteiger partial charge in [-0.25, -0.2) is 0 Å². The van der Waals surface area contributed by atoms with E-state index in [0.717, 1.165) is 39.8 Å². The van der Waals surface area contributed by atoms with Gasteiger partial charge in [0.25, 0.3) is 5.91 Å². The third-order valence-electron chi connectivity index (χ3n) is 10.00. The van der Waals surface area contributed by atoms with Gasteiger partial charge in [0.2, 0.25) is 5.91 Å². The van der Waals surface area contributed by atoms with Crippen molar-refractivity contribution >= 4 is 50.9 Å². The predicted octanol–water partition coefficient (Wildman–Crippen LogP) is 7.01. The normalized spacial score (nSPS) is 18.7. The Bertz CT molecular complexity index is 1760. The summed E-state index contributed by atoms with van der Waals surface area (Å²) in [5.74, 6) is 0.465. The smallest absolute Gasteiger partial charge is 0.309 e. The molecule has 3 aliphatic rings. The fraction of sp³-hybridized carbons (Fsp3) is 0.425. The van der Waals surface area contributed by atoms with Gasteiger partial charge in [-0.2, -0.15) is 0 Å². The Morgan fingerprint density at radius 2 is 1.61 bits per heavy atom. The molecule has 1 saturated heterocycles. The van der Waals surface area contributed by atoms with Crippen LogP contribution in [-0.2, 0) is 20.8 Å². The van der Waals surface area contributed by atoms with E-state index in [0.29, 0.717) is 62.0 Å². The van der Waals surface area contributed by atoms with E-state index in [4.69, 9.17) is 21.1 Å². The maximum atomic E-state index is 14.7. The zero-order valence-corrected chi connectivity index (χ0v) is 31.4. The molecule has 0 aromatic heterocycles. The van der Waals surface area contributed by atoms with Crippen LogP contribution in [0.3, 0.4) is 0 Å². The largest absolute Gasteiger partial charge is 0.490 e. The number of carbonyl (C=O) groups is 3. The number of nitrogens with one attached hydrogen (secondary N) is 1. The molecule has 2 fully saturated rings. The molecule has 1 aliphatic carbocycles. The zero-order valence-electron chi connectivity index (χ0n) is 29.1. The maximum Gasteiger partial charge on any atom is 0.309 e. The Balaban J connectivity index is 1.21. The molecular weight excluding hydrogens is 734 g/mol. The van der Waals surface area contributed by atoms with Crippen LogP contribution in [0.15, 0.2) is 82.8 Å². The average molecular weight is 779 g/mol. The number of aliphatic carboxylic acids is 1. The molecule has 0 radical (unpaired) electrons. The first-order valence-electron chi connectivity index (χ1n) is 17.6. The molecule has 2 N–H and O–H groups in total. The van der Waals surface area contributed by atoms with Gasteiger partial charge in [0.1, 0.15) is 24.7 Å². The van der Waals surface area contributed by atoms with E-state index in [2.05, 4.69) is 21.2 Å². The summed E-state index contributed by atoms with van der Waals surface area (Å²) >= 11 is 9.93. The quantitative estimate of drug-likeness (QED) is 0.160. The molecule has 2 bridgehead atoms. The van der Waals surface area contributed by atoms with Crippen molar-refractivity contribution < 1.29 is 29.0 Å². The fourth-order valence-corrected chi connectivity index (χ4v) is 7.28. The van der Waals surface area contributed by atoms with E-state index in [-0.39, 0.29) is 42.8 Å². The van der Waals surface area contributed by atoms with Gasteiger partial charge in [0.15, 0.2) is 0 Å². The van der Waals surface area contributed by atoms with Crippen molar-refractivity contribution in [2.45, 2.75) is 70.5 Å². The van der Waals surface area contributed by atoms with Gasteiger partial charge >= 0.3 is 5.97 Å². The van der Waals surface area contributed by atoms with Crippen LogP contribution in [0.5, 0.6) is 11.5 Å². The highest BCUT2D eigenvalue weighted by Gasteiger charge is 2.43. The molecule has 6 rings (SSSR count). The van der Waals surface area contributed by atoms with Crippen molar-refractivity contribution in [3.63, 3.8) is 0 Å². The van der Waals surface area contributed by atoms with Gasteiger partial charge in [-0.15, -0.1) is 0 Å². The number of piperazine rings is 1. The summed E-state index contributed by atoms with van der Waals surface area (Å²) in [6.07, 6.45) is 3.52. The first-order chi connectivity index (χ1) is 24.5. The van der Waals surface area contributed by atoms with Gasteiger partial charge in [-0.3, -0.25) is 14.4 Å². The molecular formula is C40H45BrClN3O6. The van der Waals surface area contributed by atoms with Crippen molar-refractivity contribution in [3.05, 3.63) is 99.0 Å². The summed E-state index contributed by atoms with van der Waals surface area (Å²) in [5, 5.41) is 13.9. The molecule has 3 aromatic rings. The number of carbonyl (C=O) groups excluding carboxylic acids is 2. The molecule has 9 nitrogen and oxygen atoms in total. The molecule has 1 saturated carbocycles. The Morgan fingerprint density at radius 3 is 2.24 bits per heavy atom. The number of ether oxygens (including phenoxy) is 2. The number of amides is 2. The van der Waals surface area contributed by atoms with Crippen LogP contribution in [0.1, 0.15) is 57.1 Å². The molecule has 2 amide bonds. The van der Waals surface area contributed by atoms with Crippen molar-refractivity contribution in [2.75, 3.05) is 32.8 Å². The maximum absolute atomic E-state index is 14.7. The highest BCUT2D eigenvalue weighted by Crippen LogP contribution is 2.38. The third-order valence-corrected chi connectivity index (χ3v) is 10.9. The number of hydrogen-bond donors (Lipinski definition) is 2. The first kappa shape index (κ1) is 36.9. The van der Waals surface area contributed by atoms with E-state index >= 15 is 0 Å². The number of rotatable bonds is 15. The molecule has 0 spiro atoms. The van der Waals surface area contributed by atoms with E-state index < -0.39 is 11.4 Å². The molecule has 3 aromatic carbocycles. The molecule has 270 valence electrons. The Morgan fingerprint density at radius 1 is 0.961 bits per heavy atom. The van der Waals surface area contributed by atoms with Gasteiger partial charge < -0.3 is 29.7 Å². The van der Waals surface area contributed by atoms with Crippen LogP contribution < -0.4 is 14.8 Å². The summed E-state index contributed by atoms with van der Waals surface area (Å²) in [6, 6.07) is 23.0. The second kappa shape index (κ2) is 16.2. The van der Waals surface area contributed by atoms with Crippen molar-refractivity contribution in [1.29, 1.82) is 0 Å². The second-order valence-electron chi connectivity index (χ2n) is 14.2. The van der Waals surface area contributed by atoms with Crippen LogP contribution in [0.2, 0.25) is 5.02 Å². The Hall–Kier alpha value is -3.86. The van der Waals surface area contributed by atoms with Gasteiger partial charge in [0, 0.05) is 53.2 Å². The number of carboxylic acids is 1. The average Bonchev–Trinajstić information content (AvgIpc) is 3.96. The topological polar surface area (TPSA) is 108 Å². The number of hydrogen-bond acceptors (Lipinski definition) is 6. The van der Waals surface area contributed by atoms with E-state index in [9.17, 15) is 19.5 Å². The number of fused-ring (bicyclic) bond motifs is 2. The lowest BCUT2D eigenvalue weighted by atomic mass is 9.82. The second-order valence-corrected chi connectivity index (χ2v) is 15.6. The van der Waals surface area contributed by atoms with Crippen LogP contribution in [0.4, 0.5) is 0 Å². The summed E-state index contributed by atoms with van der Waals surface area (Å²) in [6.45, 7) is 5.44. The van der Waals surface area contributed by atoms with Crippen LogP contribution in [0.25, 0.3) is 5.57 Å². The molecule has 2 heterocycles. The minimum atomic E-state index is -0.997. The van der Waals surface area contributed by atoms with Crippen molar-refractivity contribution in [1.82, 2.24) is 15.1 Å². The minimum absolute atomic E-state index is 0.0118. The lowest BCUT2D eigenvalue weighted by Gasteiger charge is -2.45. The fourth-order valence-electron chi connectivity index (χ4n) is 6.79. The standard InChI is InChI=1S/C40H45BrClN3O6/c1-40(2,39(48)49)19-17-36(46)44-24-29-23-33(26-7-13-31(14-8-26)50-21-22-51-32-15-9-28(41)10-16-32)37(35(25-44)43-29)38(47)45(30-11-12-30)20-18-27-5-3-4-6-34(27)42/h3-10,13-16,29-30,35,43H,11-12,17-25H2,1-2H3,(H,48,49)/t29-,35-/m1/s1.